The van der Waals surface area contributed by atoms with E-state index in [0.29, 0.717) is 18.4 Å². The number of carbonyl (C=O) groups excluding carboxylic acids is 2. The minimum atomic E-state index is -4.62. The molecular formula is C17H17F3N4O2. The van der Waals surface area contributed by atoms with Crippen LogP contribution in [0.5, 0.6) is 0 Å². The molecule has 0 radical (unpaired) electrons. The molecule has 3 amide bonds. The van der Waals surface area contributed by atoms with E-state index in [2.05, 4.69) is 10.3 Å². The van der Waals surface area contributed by atoms with Gasteiger partial charge >= 0.3 is 12.2 Å². The molecule has 1 saturated carbocycles. The highest BCUT2D eigenvalue weighted by atomic mass is 19.4. The molecule has 1 N–H and O–H groups in total. The fourth-order valence-corrected chi connectivity index (χ4v) is 3.91. The molecular weight excluding hydrogens is 349 g/mol. The highest BCUT2D eigenvalue weighted by molar-refractivity contribution is 6.07. The Labute approximate surface area is 147 Å². The number of nitrogens with zero attached hydrogens (tertiary/aromatic N) is 3. The van der Waals surface area contributed by atoms with Crippen LogP contribution in [0, 0.1) is 0 Å². The number of alkyl halides is 3. The first-order valence-corrected chi connectivity index (χ1v) is 8.48. The number of imide groups is 1. The summed E-state index contributed by atoms with van der Waals surface area (Å²) < 4.78 is 41.0. The molecule has 4 rings (SSSR count). The van der Waals surface area contributed by atoms with Gasteiger partial charge in [-0.1, -0.05) is 25.0 Å². The molecule has 1 aromatic carbocycles. The third-order valence-corrected chi connectivity index (χ3v) is 5.16. The van der Waals surface area contributed by atoms with Gasteiger partial charge in [0.15, 0.2) is 0 Å². The zero-order chi connectivity index (χ0) is 18.5. The quantitative estimate of drug-likeness (QED) is 0.850. The van der Waals surface area contributed by atoms with Crippen LogP contribution in [-0.4, -0.2) is 38.5 Å². The van der Waals surface area contributed by atoms with Crippen LogP contribution in [0.1, 0.15) is 31.5 Å². The Morgan fingerprint density at radius 3 is 2.50 bits per heavy atom. The maximum atomic E-state index is 13.3. The molecule has 1 aliphatic carbocycles. The van der Waals surface area contributed by atoms with Gasteiger partial charge in [0.2, 0.25) is 5.82 Å². The Morgan fingerprint density at radius 1 is 1.12 bits per heavy atom. The summed E-state index contributed by atoms with van der Waals surface area (Å²) in [7, 11) is 0. The third kappa shape index (κ3) is 2.53. The smallest absolute Gasteiger partial charge is 0.323 e. The lowest BCUT2D eigenvalue weighted by Crippen LogP contribution is -2.44. The van der Waals surface area contributed by atoms with Gasteiger partial charge in [0, 0.05) is 13.1 Å². The van der Waals surface area contributed by atoms with Gasteiger partial charge in [0.1, 0.15) is 5.54 Å². The maximum Gasteiger partial charge on any atom is 0.449 e. The van der Waals surface area contributed by atoms with Crippen LogP contribution >= 0.6 is 0 Å². The summed E-state index contributed by atoms with van der Waals surface area (Å²) in [6.07, 6.45) is -1.76. The fourth-order valence-electron chi connectivity index (χ4n) is 3.91. The molecule has 0 unspecified atom stereocenters. The SMILES string of the molecule is O=C1NC2(CCCC2)C(=O)N1CCn1c(C(F)(F)F)nc2ccccc21. The van der Waals surface area contributed by atoms with E-state index < -0.39 is 23.6 Å². The first-order chi connectivity index (χ1) is 12.3. The lowest BCUT2D eigenvalue weighted by molar-refractivity contribution is -0.147. The van der Waals surface area contributed by atoms with Crippen LogP contribution in [-0.2, 0) is 17.5 Å². The van der Waals surface area contributed by atoms with Crippen molar-refractivity contribution < 1.29 is 22.8 Å². The van der Waals surface area contributed by atoms with E-state index in [1.165, 1.54) is 6.07 Å². The van der Waals surface area contributed by atoms with Gasteiger partial charge in [0.05, 0.1) is 11.0 Å². The van der Waals surface area contributed by atoms with E-state index in [0.717, 1.165) is 22.3 Å². The average molecular weight is 366 g/mol. The monoisotopic (exact) mass is 366 g/mol. The number of hydrogen-bond donors (Lipinski definition) is 1. The van der Waals surface area contributed by atoms with E-state index in [9.17, 15) is 22.8 Å². The largest absolute Gasteiger partial charge is 0.449 e. The summed E-state index contributed by atoms with van der Waals surface area (Å²) in [5.74, 6) is -1.36. The number of urea groups is 1. The van der Waals surface area contributed by atoms with Gasteiger partial charge < -0.3 is 9.88 Å². The predicted octanol–water partition coefficient (Wildman–Crippen LogP) is 2.92. The van der Waals surface area contributed by atoms with Crippen LogP contribution in [0.3, 0.4) is 0 Å². The first-order valence-electron chi connectivity index (χ1n) is 8.48. The number of aromatic nitrogens is 2. The number of benzene rings is 1. The van der Waals surface area contributed by atoms with Crippen molar-refractivity contribution in [3.8, 4) is 0 Å². The molecule has 2 heterocycles. The summed E-state index contributed by atoms with van der Waals surface area (Å²) in [4.78, 5) is 29.5. The Hall–Kier alpha value is -2.58. The molecule has 1 saturated heterocycles. The number of para-hydroxylation sites is 2. The van der Waals surface area contributed by atoms with E-state index in [-0.39, 0.29) is 24.5 Å². The zero-order valence-corrected chi connectivity index (χ0v) is 13.8. The molecule has 2 fully saturated rings. The lowest BCUT2D eigenvalue weighted by atomic mass is 9.98. The van der Waals surface area contributed by atoms with Crippen molar-refractivity contribution in [1.29, 1.82) is 0 Å². The molecule has 1 spiro atoms. The summed E-state index contributed by atoms with van der Waals surface area (Å²) >= 11 is 0. The first kappa shape index (κ1) is 16.9. The summed E-state index contributed by atoms with van der Waals surface area (Å²) in [5.41, 5.74) is -0.312. The summed E-state index contributed by atoms with van der Waals surface area (Å²) in [6.45, 7) is -0.291. The molecule has 1 aromatic heterocycles. The summed E-state index contributed by atoms with van der Waals surface area (Å²) in [6, 6.07) is 5.75. The number of imidazole rings is 1. The standard InChI is InChI=1S/C17H17F3N4O2/c18-17(19,20)13-21-11-5-1-2-6-12(11)23(13)9-10-24-14(25)16(22-15(24)26)7-3-4-8-16/h1-2,5-6H,3-4,7-10H2,(H,22,26). The van der Waals surface area contributed by atoms with Gasteiger partial charge in [0.25, 0.3) is 5.91 Å². The second-order valence-corrected chi connectivity index (χ2v) is 6.75. The van der Waals surface area contributed by atoms with Crippen molar-refractivity contribution in [1.82, 2.24) is 19.8 Å². The molecule has 2 aliphatic rings. The number of halogens is 3. The van der Waals surface area contributed by atoms with Crippen molar-refractivity contribution in [2.24, 2.45) is 0 Å². The molecule has 9 heteroatoms. The Balaban J connectivity index is 1.62. The maximum absolute atomic E-state index is 13.3. The van der Waals surface area contributed by atoms with Gasteiger partial charge in [-0.15, -0.1) is 0 Å². The number of carbonyl (C=O) groups is 2. The van der Waals surface area contributed by atoms with E-state index in [1.807, 2.05) is 0 Å². The molecule has 2 aromatic rings. The molecule has 0 bridgehead atoms. The van der Waals surface area contributed by atoms with Gasteiger partial charge in [-0.25, -0.2) is 9.78 Å². The Bertz CT molecular complexity index is 884. The average Bonchev–Trinajstić information content (AvgIpc) is 3.25. The Kier molecular flexibility index (Phi) is 3.71. The fraction of sp³-hybridized carbons (Fsp3) is 0.471. The van der Waals surface area contributed by atoms with Crippen molar-refractivity contribution in [2.75, 3.05) is 6.54 Å². The van der Waals surface area contributed by atoms with Gasteiger partial charge in [-0.3, -0.25) is 9.69 Å². The topological polar surface area (TPSA) is 67.2 Å². The number of nitrogens with one attached hydrogen (secondary N) is 1. The molecule has 1 aliphatic heterocycles. The van der Waals surface area contributed by atoms with Crippen molar-refractivity contribution in [2.45, 2.75) is 43.9 Å². The number of fused-ring (bicyclic) bond motifs is 1. The van der Waals surface area contributed by atoms with E-state index >= 15 is 0 Å². The highest BCUT2D eigenvalue weighted by Gasteiger charge is 2.52. The zero-order valence-electron chi connectivity index (χ0n) is 13.8. The van der Waals surface area contributed by atoms with Crippen molar-refractivity contribution in [3.05, 3.63) is 30.1 Å². The van der Waals surface area contributed by atoms with Crippen LogP contribution in [0.4, 0.5) is 18.0 Å². The Morgan fingerprint density at radius 2 is 1.81 bits per heavy atom. The molecule has 26 heavy (non-hydrogen) atoms. The third-order valence-electron chi connectivity index (χ3n) is 5.16. The van der Waals surface area contributed by atoms with Crippen LogP contribution < -0.4 is 5.32 Å². The molecule has 6 nitrogen and oxygen atoms in total. The van der Waals surface area contributed by atoms with Crippen molar-refractivity contribution in [3.63, 3.8) is 0 Å². The minimum absolute atomic E-state index is 0.129. The number of amides is 3. The molecule has 0 atom stereocenters. The second kappa shape index (κ2) is 5.72. The number of rotatable bonds is 3. The minimum Gasteiger partial charge on any atom is -0.323 e. The lowest BCUT2D eigenvalue weighted by Gasteiger charge is -2.20. The van der Waals surface area contributed by atoms with E-state index in [1.54, 1.807) is 18.2 Å². The number of hydrogen-bond acceptors (Lipinski definition) is 3. The normalized spacial score (nSPS) is 19.7. The highest BCUT2D eigenvalue weighted by Crippen LogP contribution is 2.35. The van der Waals surface area contributed by atoms with Crippen LogP contribution in [0.2, 0.25) is 0 Å². The van der Waals surface area contributed by atoms with Gasteiger partial charge in [-0.2, -0.15) is 13.2 Å². The van der Waals surface area contributed by atoms with Crippen LogP contribution in [0.25, 0.3) is 11.0 Å². The predicted molar refractivity (Wildman–Crippen MR) is 86.2 cm³/mol. The second-order valence-electron chi connectivity index (χ2n) is 6.75. The molecule has 138 valence electrons. The van der Waals surface area contributed by atoms with Crippen LogP contribution in [0.15, 0.2) is 24.3 Å². The van der Waals surface area contributed by atoms with E-state index in [4.69, 9.17) is 0 Å². The summed E-state index contributed by atoms with van der Waals surface area (Å²) in [5, 5.41) is 2.73. The van der Waals surface area contributed by atoms with Crippen molar-refractivity contribution >= 4 is 23.0 Å². The van der Waals surface area contributed by atoms with Gasteiger partial charge in [-0.05, 0) is 25.0 Å².